The number of nitriles is 1. The number of nitrogens with zero attached hydrogens (tertiary/aromatic N) is 2. The molecule has 0 heterocycles. The molecule has 2 aromatic rings. The fourth-order valence-corrected chi connectivity index (χ4v) is 2.07. The SMILES string of the molecule is N#Cc1cc([N+](=O)[O-])ccc1NC(=O)COC(=O)c1cc(Cl)ccc1F. The Morgan fingerprint density at radius 2 is 2.04 bits per heavy atom. The van der Waals surface area contributed by atoms with E-state index in [0.717, 1.165) is 24.3 Å². The quantitative estimate of drug-likeness (QED) is 0.485. The summed E-state index contributed by atoms with van der Waals surface area (Å²) in [6, 6.07) is 8.26. The van der Waals surface area contributed by atoms with Gasteiger partial charge in [-0.25, -0.2) is 9.18 Å². The predicted octanol–water partition coefficient (Wildman–Crippen LogP) is 3.05. The van der Waals surface area contributed by atoms with Gasteiger partial charge < -0.3 is 10.1 Å². The first-order valence-corrected chi connectivity index (χ1v) is 7.30. The van der Waals surface area contributed by atoms with E-state index >= 15 is 0 Å². The van der Waals surface area contributed by atoms with Gasteiger partial charge in [-0.05, 0) is 24.3 Å². The Morgan fingerprint density at radius 1 is 1.31 bits per heavy atom. The van der Waals surface area contributed by atoms with Crippen LogP contribution in [-0.2, 0) is 9.53 Å². The smallest absolute Gasteiger partial charge is 0.341 e. The number of non-ortho nitro benzene ring substituents is 1. The zero-order valence-electron chi connectivity index (χ0n) is 12.9. The molecule has 2 rings (SSSR count). The van der Waals surface area contributed by atoms with Crippen molar-refractivity contribution in [3.05, 3.63) is 68.5 Å². The van der Waals surface area contributed by atoms with Crippen molar-refractivity contribution in [3.8, 4) is 6.07 Å². The van der Waals surface area contributed by atoms with Crippen molar-refractivity contribution in [1.82, 2.24) is 0 Å². The molecule has 0 bridgehead atoms. The number of carbonyl (C=O) groups is 2. The monoisotopic (exact) mass is 377 g/mol. The number of nitro groups is 1. The van der Waals surface area contributed by atoms with Gasteiger partial charge >= 0.3 is 5.97 Å². The van der Waals surface area contributed by atoms with Crippen LogP contribution in [0, 0.1) is 27.3 Å². The molecule has 0 aliphatic carbocycles. The third kappa shape index (κ3) is 4.52. The van der Waals surface area contributed by atoms with Gasteiger partial charge in [-0.2, -0.15) is 5.26 Å². The van der Waals surface area contributed by atoms with Gasteiger partial charge in [-0.3, -0.25) is 14.9 Å². The summed E-state index contributed by atoms with van der Waals surface area (Å²) in [5.41, 5.74) is -0.881. The maximum atomic E-state index is 13.5. The zero-order chi connectivity index (χ0) is 19.3. The molecule has 0 aliphatic rings. The molecule has 0 aromatic heterocycles. The number of rotatable bonds is 5. The Morgan fingerprint density at radius 3 is 2.69 bits per heavy atom. The number of nitrogens with one attached hydrogen (secondary N) is 1. The molecule has 132 valence electrons. The van der Waals surface area contributed by atoms with Crippen LogP contribution in [0.1, 0.15) is 15.9 Å². The molecule has 2 aromatic carbocycles. The molecule has 26 heavy (non-hydrogen) atoms. The van der Waals surface area contributed by atoms with E-state index in [4.69, 9.17) is 21.6 Å². The second-order valence-electron chi connectivity index (χ2n) is 4.85. The molecule has 0 aliphatic heterocycles. The molecule has 1 amide bonds. The average Bonchev–Trinajstić information content (AvgIpc) is 2.61. The minimum atomic E-state index is -1.09. The summed E-state index contributed by atoms with van der Waals surface area (Å²) >= 11 is 5.67. The molecule has 0 fully saturated rings. The molecule has 0 saturated carbocycles. The lowest BCUT2D eigenvalue weighted by Crippen LogP contribution is -2.21. The van der Waals surface area contributed by atoms with Crippen molar-refractivity contribution in [2.45, 2.75) is 0 Å². The van der Waals surface area contributed by atoms with Crippen molar-refractivity contribution in [2.24, 2.45) is 0 Å². The maximum absolute atomic E-state index is 13.5. The van der Waals surface area contributed by atoms with E-state index < -0.39 is 34.8 Å². The number of esters is 1. The van der Waals surface area contributed by atoms with Gasteiger partial charge in [0, 0.05) is 17.2 Å². The fourth-order valence-electron chi connectivity index (χ4n) is 1.90. The second kappa shape index (κ2) is 8.04. The number of anilines is 1. The van der Waals surface area contributed by atoms with Gasteiger partial charge in [0.25, 0.3) is 11.6 Å². The fraction of sp³-hybridized carbons (Fsp3) is 0.0625. The third-order valence-electron chi connectivity index (χ3n) is 3.09. The van der Waals surface area contributed by atoms with Crippen molar-refractivity contribution < 1.29 is 23.6 Å². The highest BCUT2D eigenvalue weighted by atomic mass is 35.5. The Kier molecular flexibility index (Phi) is 5.82. The summed E-state index contributed by atoms with van der Waals surface area (Å²) < 4.78 is 18.2. The van der Waals surface area contributed by atoms with Gasteiger partial charge in [-0.1, -0.05) is 11.6 Å². The van der Waals surface area contributed by atoms with Crippen molar-refractivity contribution in [2.75, 3.05) is 11.9 Å². The van der Waals surface area contributed by atoms with Crippen LogP contribution in [0.4, 0.5) is 15.8 Å². The highest BCUT2D eigenvalue weighted by molar-refractivity contribution is 6.30. The van der Waals surface area contributed by atoms with Gasteiger partial charge in [0.1, 0.15) is 11.9 Å². The third-order valence-corrected chi connectivity index (χ3v) is 3.33. The van der Waals surface area contributed by atoms with Gasteiger partial charge in [0.05, 0.1) is 21.7 Å². The Hall–Kier alpha value is -3.51. The van der Waals surface area contributed by atoms with E-state index in [9.17, 15) is 24.1 Å². The van der Waals surface area contributed by atoms with E-state index in [1.165, 1.54) is 12.1 Å². The van der Waals surface area contributed by atoms with E-state index in [1.54, 1.807) is 6.07 Å². The first-order chi connectivity index (χ1) is 12.3. The van der Waals surface area contributed by atoms with E-state index in [1.807, 2.05) is 0 Å². The zero-order valence-corrected chi connectivity index (χ0v) is 13.6. The summed E-state index contributed by atoms with van der Waals surface area (Å²) in [7, 11) is 0. The normalized spacial score (nSPS) is 9.88. The van der Waals surface area contributed by atoms with Crippen molar-refractivity contribution >= 4 is 34.9 Å². The number of hydrogen-bond donors (Lipinski definition) is 1. The van der Waals surface area contributed by atoms with Crippen molar-refractivity contribution in [3.63, 3.8) is 0 Å². The molecule has 0 unspecified atom stereocenters. The number of nitro benzene ring substituents is 1. The molecule has 0 atom stereocenters. The highest BCUT2D eigenvalue weighted by Crippen LogP contribution is 2.21. The minimum Gasteiger partial charge on any atom is -0.452 e. The van der Waals surface area contributed by atoms with Crippen LogP contribution in [0.15, 0.2) is 36.4 Å². The molecule has 0 radical (unpaired) electrons. The van der Waals surface area contributed by atoms with Gasteiger partial charge in [0.2, 0.25) is 0 Å². The van der Waals surface area contributed by atoms with Crippen LogP contribution in [0.2, 0.25) is 5.02 Å². The molecular weight excluding hydrogens is 369 g/mol. The lowest BCUT2D eigenvalue weighted by atomic mass is 10.1. The molecule has 0 saturated heterocycles. The van der Waals surface area contributed by atoms with Crippen LogP contribution >= 0.6 is 11.6 Å². The summed E-state index contributed by atoms with van der Waals surface area (Å²) in [5.74, 6) is -2.77. The van der Waals surface area contributed by atoms with Gasteiger partial charge in [0.15, 0.2) is 6.61 Å². The first-order valence-electron chi connectivity index (χ1n) is 6.92. The molecule has 1 N–H and O–H groups in total. The lowest BCUT2D eigenvalue weighted by molar-refractivity contribution is -0.384. The predicted molar refractivity (Wildman–Crippen MR) is 88.1 cm³/mol. The van der Waals surface area contributed by atoms with Crippen LogP contribution in [0.25, 0.3) is 0 Å². The van der Waals surface area contributed by atoms with E-state index in [0.29, 0.717) is 0 Å². The van der Waals surface area contributed by atoms with E-state index in [-0.39, 0.29) is 22.0 Å². The summed E-state index contributed by atoms with van der Waals surface area (Å²) in [5, 5.41) is 22.1. The van der Waals surface area contributed by atoms with Crippen LogP contribution in [-0.4, -0.2) is 23.4 Å². The standard InChI is InChI=1S/C16H9ClFN3O5/c17-10-1-3-13(18)12(6-10)16(23)26-8-15(22)20-14-4-2-11(21(24)25)5-9(14)7-19/h1-6H,8H2,(H,20,22). The number of halogens is 2. The Balaban J connectivity index is 2.03. The van der Waals surface area contributed by atoms with Crippen LogP contribution < -0.4 is 5.32 Å². The molecule has 10 heteroatoms. The average molecular weight is 378 g/mol. The molecule has 0 spiro atoms. The van der Waals surface area contributed by atoms with Crippen molar-refractivity contribution in [1.29, 1.82) is 5.26 Å². The Labute approximate surface area is 150 Å². The van der Waals surface area contributed by atoms with Gasteiger partial charge in [-0.15, -0.1) is 0 Å². The minimum absolute atomic E-state index is 0.00749. The Bertz CT molecular complexity index is 942. The summed E-state index contributed by atoms with van der Waals surface area (Å²) in [6.45, 7) is -0.757. The lowest BCUT2D eigenvalue weighted by Gasteiger charge is -2.08. The summed E-state index contributed by atoms with van der Waals surface area (Å²) in [6.07, 6.45) is 0. The number of amides is 1. The number of hydrogen-bond acceptors (Lipinski definition) is 6. The van der Waals surface area contributed by atoms with Crippen LogP contribution in [0.3, 0.4) is 0 Å². The largest absolute Gasteiger partial charge is 0.452 e. The topological polar surface area (TPSA) is 122 Å². The molecule has 8 nitrogen and oxygen atoms in total. The first kappa shape index (κ1) is 18.8. The highest BCUT2D eigenvalue weighted by Gasteiger charge is 2.17. The maximum Gasteiger partial charge on any atom is 0.341 e. The molecular formula is C16H9ClFN3O5. The number of ether oxygens (including phenoxy) is 1. The number of carbonyl (C=O) groups excluding carboxylic acids is 2. The van der Waals surface area contributed by atoms with E-state index in [2.05, 4.69) is 5.32 Å². The number of benzene rings is 2. The second-order valence-corrected chi connectivity index (χ2v) is 5.28. The summed E-state index contributed by atoms with van der Waals surface area (Å²) in [4.78, 5) is 33.6. The van der Waals surface area contributed by atoms with Crippen LogP contribution in [0.5, 0.6) is 0 Å².